The van der Waals surface area contributed by atoms with Gasteiger partial charge in [0.15, 0.2) is 5.60 Å². The Morgan fingerprint density at radius 3 is 2.21 bits per heavy atom. The fraction of sp³-hybridized carbons (Fsp3) is 0.684. The number of piperazine rings is 1. The van der Waals surface area contributed by atoms with Gasteiger partial charge in [-0.25, -0.2) is 8.42 Å². The molecule has 164 valence electrons. The number of rotatable bonds is 4. The number of sulfonamides is 1. The molecular formula is C19H27F3N2O4S. The number of nitrogens with zero attached hydrogens (tertiary/aromatic N) is 2. The highest BCUT2D eigenvalue weighted by atomic mass is 32.2. The lowest BCUT2D eigenvalue weighted by Crippen LogP contribution is -2.56. The van der Waals surface area contributed by atoms with E-state index >= 15 is 0 Å². The molecule has 4 atom stereocenters. The second-order valence-corrected chi connectivity index (χ2v) is 10.1. The number of benzene rings is 1. The van der Waals surface area contributed by atoms with Crippen LogP contribution in [-0.2, 0) is 15.6 Å². The van der Waals surface area contributed by atoms with Gasteiger partial charge in [0.25, 0.3) is 0 Å². The maximum absolute atomic E-state index is 13.0. The Morgan fingerprint density at radius 1 is 1.10 bits per heavy atom. The summed E-state index contributed by atoms with van der Waals surface area (Å²) in [6, 6.07) is 4.17. The van der Waals surface area contributed by atoms with Gasteiger partial charge >= 0.3 is 6.18 Å². The zero-order valence-electron chi connectivity index (χ0n) is 16.4. The molecule has 0 bridgehead atoms. The largest absolute Gasteiger partial charge is 0.421 e. The van der Waals surface area contributed by atoms with Crippen LogP contribution in [0, 0.1) is 0 Å². The summed E-state index contributed by atoms with van der Waals surface area (Å²) >= 11 is 0. The Hall–Kier alpha value is -1.20. The van der Waals surface area contributed by atoms with Crippen LogP contribution in [0.1, 0.15) is 38.7 Å². The van der Waals surface area contributed by atoms with Crippen molar-refractivity contribution >= 4 is 10.0 Å². The molecule has 1 saturated heterocycles. The third kappa shape index (κ3) is 4.32. The Kier molecular flexibility index (Phi) is 6.05. The van der Waals surface area contributed by atoms with Gasteiger partial charge in [0.1, 0.15) is 0 Å². The maximum atomic E-state index is 13.0. The minimum atomic E-state index is -4.87. The van der Waals surface area contributed by atoms with Crippen LogP contribution in [0.25, 0.3) is 0 Å². The fourth-order valence-electron chi connectivity index (χ4n) is 4.17. The highest BCUT2D eigenvalue weighted by Crippen LogP contribution is 2.39. The first-order chi connectivity index (χ1) is 13.3. The van der Waals surface area contributed by atoms with Gasteiger partial charge in [-0.15, -0.1) is 0 Å². The molecule has 0 radical (unpaired) electrons. The minimum absolute atomic E-state index is 0.101. The molecule has 6 nitrogen and oxygen atoms in total. The zero-order valence-corrected chi connectivity index (χ0v) is 17.2. The van der Waals surface area contributed by atoms with Gasteiger partial charge in [0.2, 0.25) is 10.0 Å². The molecule has 1 aliphatic heterocycles. The minimum Gasteiger partial charge on any atom is -0.393 e. The van der Waals surface area contributed by atoms with Gasteiger partial charge in [-0.1, -0.05) is 12.1 Å². The van der Waals surface area contributed by atoms with Crippen molar-refractivity contribution < 1.29 is 31.8 Å². The molecule has 10 heteroatoms. The van der Waals surface area contributed by atoms with E-state index in [2.05, 4.69) is 4.90 Å². The first kappa shape index (κ1) is 22.5. The van der Waals surface area contributed by atoms with Crippen molar-refractivity contribution in [3.05, 3.63) is 29.8 Å². The van der Waals surface area contributed by atoms with E-state index in [0.29, 0.717) is 26.4 Å². The smallest absolute Gasteiger partial charge is 0.393 e. The van der Waals surface area contributed by atoms with Gasteiger partial charge in [0.05, 0.1) is 11.0 Å². The van der Waals surface area contributed by atoms with Gasteiger partial charge in [-0.3, -0.25) is 4.90 Å². The third-order valence-corrected chi connectivity index (χ3v) is 8.09. The molecule has 1 aromatic carbocycles. The molecule has 2 fully saturated rings. The summed E-state index contributed by atoms with van der Waals surface area (Å²) in [4.78, 5) is 2.10. The fourth-order valence-corrected chi connectivity index (χ4v) is 5.79. The molecule has 1 aliphatic carbocycles. The molecule has 1 heterocycles. The SMILES string of the molecule is C[C@@H]1CN(C2CC[C@@H](O)C2)CCN1S(=O)(=O)c1ccc(C(C)(O)C(F)(F)F)cc1. The van der Waals surface area contributed by atoms with Gasteiger partial charge < -0.3 is 10.2 Å². The molecule has 2 aliphatic rings. The van der Waals surface area contributed by atoms with Crippen molar-refractivity contribution in [1.82, 2.24) is 9.21 Å². The van der Waals surface area contributed by atoms with Gasteiger partial charge in [-0.2, -0.15) is 17.5 Å². The predicted molar refractivity (Wildman–Crippen MR) is 101 cm³/mol. The van der Waals surface area contributed by atoms with E-state index in [4.69, 9.17) is 0 Å². The number of aliphatic hydroxyl groups is 2. The van der Waals surface area contributed by atoms with E-state index in [1.54, 1.807) is 6.92 Å². The summed E-state index contributed by atoms with van der Waals surface area (Å²) in [6.07, 6.45) is -2.83. The zero-order chi connectivity index (χ0) is 21.6. The standard InChI is InChI=1S/C19H27F3N2O4S/c1-13-12-23(15-5-6-16(25)11-15)9-10-24(13)29(27,28)17-7-3-14(4-8-17)18(2,26)19(20,21)22/h3-4,7-8,13,15-16,25-26H,5-6,9-12H2,1-2H3/t13-,15?,16-,18?/m1/s1. The molecule has 0 aromatic heterocycles. The number of aliphatic hydroxyl groups excluding tert-OH is 1. The summed E-state index contributed by atoms with van der Waals surface area (Å²) in [6.45, 7) is 3.80. The van der Waals surface area contributed by atoms with Crippen molar-refractivity contribution in [3.63, 3.8) is 0 Å². The average molecular weight is 436 g/mol. The second kappa shape index (κ2) is 7.81. The molecule has 2 N–H and O–H groups in total. The van der Waals surface area contributed by atoms with E-state index in [-0.39, 0.29) is 29.6 Å². The highest BCUT2D eigenvalue weighted by Gasteiger charge is 2.51. The van der Waals surface area contributed by atoms with Gasteiger partial charge in [0, 0.05) is 31.7 Å². The maximum Gasteiger partial charge on any atom is 0.421 e. The van der Waals surface area contributed by atoms with Crippen LogP contribution in [0.15, 0.2) is 29.2 Å². The van der Waals surface area contributed by atoms with Crippen LogP contribution in [0.4, 0.5) is 13.2 Å². The van der Waals surface area contributed by atoms with Crippen molar-refractivity contribution in [2.75, 3.05) is 19.6 Å². The first-order valence-corrected chi connectivity index (χ1v) is 11.1. The second-order valence-electron chi connectivity index (χ2n) is 8.17. The third-order valence-electron chi connectivity index (χ3n) is 6.07. The number of hydrogen-bond acceptors (Lipinski definition) is 5. The topological polar surface area (TPSA) is 81.1 Å². The summed E-state index contributed by atoms with van der Waals surface area (Å²) in [7, 11) is -3.87. The highest BCUT2D eigenvalue weighted by molar-refractivity contribution is 7.89. The Morgan fingerprint density at radius 2 is 1.72 bits per heavy atom. The van der Waals surface area contributed by atoms with Crippen LogP contribution in [0.3, 0.4) is 0 Å². The lowest BCUT2D eigenvalue weighted by molar-refractivity contribution is -0.258. The van der Waals surface area contributed by atoms with Crippen LogP contribution in [0.2, 0.25) is 0 Å². The molecule has 1 aromatic rings. The number of alkyl halides is 3. The summed E-state index contributed by atoms with van der Waals surface area (Å²) in [5.74, 6) is 0. The van der Waals surface area contributed by atoms with Crippen molar-refractivity contribution in [1.29, 1.82) is 0 Å². The Labute approximate surface area is 169 Å². The quantitative estimate of drug-likeness (QED) is 0.755. The van der Waals surface area contributed by atoms with E-state index in [9.17, 15) is 31.8 Å². The Balaban J connectivity index is 1.74. The summed E-state index contributed by atoms with van der Waals surface area (Å²) < 4.78 is 66.4. The molecule has 2 unspecified atom stereocenters. The van der Waals surface area contributed by atoms with Crippen LogP contribution in [-0.4, -0.2) is 71.8 Å². The summed E-state index contributed by atoms with van der Waals surface area (Å²) in [5.41, 5.74) is -3.47. The van der Waals surface area contributed by atoms with E-state index in [0.717, 1.165) is 37.1 Å². The molecule has 0 spiro atoms. The van der Waals surface area contributed by atoms with Crippen LogP contribution >= 0.6 is 0 Å². The predicted octanol–water partition coefficient (Wildman–Crippen LogP) is 2.06. The van der Waals surface area contributed by atoms with Crippen molar-refractivity contribution in [2.45, 2.75) is 68.0 Å². The lowest BCUT2D eigenvalue weighted by Gasteiger charge is -2.41. The molecular weight excluding hydrogens is 409 g/mol. The number of halogens is 3. The van der Waals surface area contributed by atoms with Crippen molar-refractivity contribution in [3.8, 4) is 0 Å². The van der Waals surface area contributed by atoms with Gasteiger partial charge in [-0.05, 0) is 50.8 Å². The molecule has 0 amide bonds. The lowest BCUT2D eigenvalue weighted by atomic mass is 9.96. The molecule has 1 saturated carbocycles. The monoisotopic (exact) mass is 436 g/mol. The summed E-state index contributed by atoms with van der Waals surface area (Å²) in [5, 5.41) is 19.5. The molecule has 3 rings (SSSR count). The average Bonchev–Trinajstić information content (AvgIpc) is 3.07. The van der Waals surface area contributed by atoms with Crippen LogP contribution < -0.4 is 0 Å². The van der Waals surface area contributed by atoms with Crippen LogP contribution in [0.5, 0.6) is 0 Å². The van der Waals surface area contributed by atoms with E-state index in [1.807, 2.05) is 0 Å². The van der Waals surface area contributed by atoms with E-state index < -0.39 is 27.4 Å². The Bertz CT molecular complexity index is 827. The van der Waals surface area contributed by atoms with E-state index in [1.165, 1.54) is 4.31 Å². The normalized spacial score (nSPS) is 29.7. The molecule has 29 heavy (non-hydrogen) atoms. The van der Waals surface area contributed by atoms with Crippen molar-refractivity contribution in [2.24, 2.45) is 0 Å². The first-order valence-electron chi connectivity index (χ1n) is 9.67. The number of hydrogen-bond donors (Lipinski definition) is 2.